The second-order valence-electron chi connectivity index (χ2n) is 4.68. The second-order valence-corrected chi connectivity index (χ2v) is 5.71. The van der Waals surface area contributed by atoms with Crippen molar-refractivity contribution < 1.29 is 14.3 Å². The van der Waals surface area contributed by atoms with Crippen LogP contribution in [0.1, 0.15) is 22.9 Å². The van der Waals surface area contributed by atoms with Crippen LogP contribution in [-0.2, 0) is 4.79 Å². The van der Waals surface area contributed by atoms with Gasteiger partial charge in [0.1, 0.15) is 16.5 Å². The predicted molar refractivity (Wildman–Crippen MR) is 83.2 cm³/mol. The molecule has 1 aromatic carbocycles. The van der Waals surface area contributed by atoms with Crippen LogP contribution in [0, 0.1) is 6.92 Å². The zero-order chi connectivity index (χ0) is 14.8. The molecule has 4 nitrogen and oxygen atoms in total. The van der Waals surface area contributed by atoms with Crippen molar-refractivity contribution in [2.75, 3.05) is 0 Å². The van der Waals surface area contributed by atoms with Gasteiger partial charge in [0, 0.05) is 5.57 Å². The lowest BCUT2D eigenvalue weighted by atomic mass is 10.1. The molecule has 0 saturated heterocycles. The second kappa shape index (κ2) is 5.54. The first kappa shape index (κ1) is 13.6. The third-order valence-corrected chi connectivity index (χ3v) is 4.10. The number of hydrogen-bond acceptors (Lipinski definition) is 4. The minimum absolute atomic E-state index is 0.0838. The van der Waals surface area contributed by atoms with Crippen molar-refractivity contribution in [2.45, 2.75) is 13.3 Å². The molecular weight excluding hydrogens is 286 g/mol. The number of carboxylic acids is 1. The molecular formula is C16H13NO3S. The zero-order valence-electron chi connectivity index (χ0n) is 11.4. The van der Waals surface area contributed by atoms with E-state index < -0.39 is 5.97 Å². The van der Waals surface area contributed by atoms with Crippen LogP contribution in [0.3, 0.4) is 0 Å². The van der Waals surface area contributed by atoms with Gasteiger partial charge in [-0.3, -0.25) is 4.79 Å². The van der Waals surface area contributed by atoms with E-state index in [1.807, 2.05) is 43.3 Å². The van der Waals surface area contributed by atoms with Gasteiger partial charge in [0.25, 0.3) is 0 Å². The number of aromatic nitrogens is 1. The van der Waals surface area contributed by atoms with Crippen molar-refractivity contribution in [1.82, 2.24) is 4.98 Å². The van der Waals surface area contributed by atoms with E-state index in [9.17, 15) is 4.79 Å². The number of carbonyl (C=O) groups is 1. The summed E-state index contributed by atoms with van der Waals surface area (Å²) in [5.74, 6) is 0.548. The van der Waals surface area contributed by atoms with Gasteiger partial charge in [0.2, 0.25) is 0 Å². The Bertz CT molecular complexity index is 796. The van der Waals surface area contributed by atoms with Crippen LogP contribution in [0.2, 0.25) is 0 Å². The van der Waals surface area contributed by atoms with Gasteiger partial charge < -0.3 is 9.52 Å². The highest BCUT2D eigenvalue weighted by atomic mass is 32.1. The maximum Gasteiger partial charge on any atom is 0.307 e. The van der Waals surface area contributed by atoms with Gasteiger partial charge in [0.05, 0.1) is 16.6 Å². The minimum Gasteiger partial charge on any atom is -0.481 e. The van der Waals surface area contributed by atoms with Crippen LogP contribution in [-0.4, -0.2) is 16.1 Å². The predicted octanol–water partition coefficient (Wildman–Crippen LogP) is 4.21. The first-order valence-electron chi connectivity index (χ1n) is 6.46. The molecule has 0 fully saturated rings. The van der Waals surface area contributed by atoms with E-state index in [4.69, 9.17) is 9.52 Å². The summed E-state index contributed by atoms with van der Waals surface area (Å²) < 4.78 is 6.54. The van der Waals surface area contributed by atoms with E-state index in [1.165, 1.54) is 11.3 Å². The Balaban J connectivity index is 2.06. The first-order valence-corrected chi connectivity index (χ1v) is 7.28. The molecule has 0 unspecified atom stereocenters. The number of hydrogen-bond donors (Lipinski definition) is 1. The smallest absolute Gasteiger partial charge is 0.307 e. The molecule has 0 aliphatic rings. The van der Waals surface area contributed by atoms with E-state index in [2.05, 4.69) is 4.98 Å². The molecule has 3 rings (SSSR count). The molecule has 21 heavy (non-hydrogen) atoms. The Morgan fingerprint density at radius 2 is 2.14 bits per heavy atom. The number of para-hydroxylation sites is 1. The summed E-state index contributed by atoms with van der Waals surface area (Å²) in [6.07, 6.45) is 1.67. The highest BCUT2D eigenvalue weighted by molar-refractivity contribution is 7.19. The first-order chi connectivity index (χ1) is 10.1. The Hall–Kier alpha value is -2.40. The summed E-state index contributed by atoms with van der Waals surface area (Å²) in [5.41, 5.74) is 1.53. The molecule has 2 aromatic heterocycles. The lowest BCUT2D eigenvalue weighted by Crippen LogP contribution is -1.96. The Kier molecular flexibility index (Phi) is 3.58. The molecule has 1 N–H and O–H groups in total. The van der Waals surface area contributed by atoms with Gasteiger partial charge in [-0.05, 0) is 37.3 Å². The van der Waals surface area contributed by atoms with Gasteiger partial charge in [-0.25, -0.2) is 4.98 Å². The van der Waals surface area contributed by atoms with E-state index in [0.29, 0.717) is 16.3 Å². The van der Waals surface area contributed by atoms with Crippen LogP contribution in [0.5, 0.6) is 0 Å². The van der Waals surface area contributed by atoms with E-state index in [-0.39, 0.29) is 6.42 Å². The fourth-order valence-electron chi connectivity index (χ4n) is 2.06. The summed E-state index contributed by atoms with van der Waals surface area (Å²) >= 11 is 1.49. The molecule has 106 valence electrons. The van der Waals surface area contributed by atoms with Gasteiger partial charge in [0.15, 0.2) is 0 Å². The summed E-state index contributed by atoms with van der Waals surface area (Å²) in [4.78, 5) is 15.6. The Morgan fingerprint density at radius 1 is 1.33 bits per heavy atom. The van der Waals surface area contributed by atoms with Crippen molar-refractivity contribution in [3.63, 3.8) is 0 Å². The van der Waals surface area contributed by atoms with Crippen molar-refractivity contribution in [3.8, 4) is 0 Å². The number of nitrogens with zero attached hydrogens (tertiary/aromatic N) is 1. The Labute approximate surface area is 125 Å². The third-order valence-electron chi connectivity index (χ3n) is 2.99. The van der Waals surface area contributed by atoms with Crippen molar-refractivity contribution in [1.29, 1.82) is 0 Å². The largest absolute Gasteiger partial charge is 0.481 e. The number of carboxylic acid groups (broad SMARTS) is 1. The summed E-state index contributed by atoms with van der Waals surface area (Å²) in [7, 11) is 0. The molecule has 2 heterocycles. The number of benzene rings is 1. The molecule has 5 heteroatoms. The maximum absolute atomic E-state index is 11.1. The number of furan rings is 1. The van der Waals surface area contributed by atoms with E-state index in [0.717, 1.165) is 16.0 Å². The van der Waals surface area contributed by atoms with Gasteiger partial charge >= 0.3 is 5.97 Å². The molecule has 0 atom stereocenters. The number of aryl methyl sites for hydroxylation is 1. The molecule has 0 aliphatic heterocycles. The van der Waals surface area contributed by atoms with E-state index >= 15 is 0 Å². The van der Waals surface area contributed by atoms with Crippen LogP contribution in [0.4, 0.5) is 0 Å². The number of aliphatic carboxylic acids is 1. The van der Waals surface area contributed by atoms with Crippen molar-refractivity contribution in [2.24, 2.45) is 0 Å². The number of fused-ring (bicyclic) bond motifs is 1. The summed E-state index contributed by atoms with van der Waals surface area (Å²) in [5, 5.41) is 9.82. The fraction of sp³-hybridized carbons (Fsp3) is 0.125. The fourth-order valence-corrected chi connectivity index (χ4v) is 3.04. The lowest BCUT2D eigenvalue weighted by molar-refractivity contribution is -0.135. The average molecular weight is 299 g/mol. The molecule has 0 aliphatic carbocycles. The van der Waals surface area contributed by atoms with Crippen LogP contribution >= 0.6 is 11.3 Å². The van der Waals surface area contributed by atoms with Crippen LogP contribution in [0.25, 0.3) is 21.9 Å². The molecule has 0 saturated carbocycles. The van der Waals surface area contributed by atoms with Crippen molar-refractivity contribution >= 4 is 39.2 Å². The standard InChI is InChI=1S/C16H13NO3S/c1-10-6-7-12(20-10)8-11(9-15(18)19)16-17-13-4-2-3-5-14(13)21-16/h2-8H,9H2,1H3,(H,18,19). The minimum atomic E-state index is -0.885. The molecule has 0 amide bonds. The number of thiazole rings is 1. The van der Waals surface area contributed by atoms with Crippen molar-refractivity contribution in [3.05, 3.63) is 52.9 Å². The zero-order valence-corrected chi connectivity index (χ0v) is 12.2. The third kappa shape index (κ3) is 3.03. The van der Waals surface area contributed by atoms with E-state index in [1.54, 1.807) is 6.08 Å². The SMILES string of the molecule is Cc1ccc(C=C(CC(=O)O)c2nc3ccccc3s2)o1. The average Bonchev–Trinajstić information content (AvgIpc) is 3.03. The lowest BCUT2D eigenvalue weighted by Gasteiger charge is -1.99. The summed E-state index contributed by atoms with van der Waals surface area (Å²) in [6.45, 7) is 1.85. The highest BCUT2D eigenvalue weighted by Crippen LogP contribution is 2.30. The molecule has 0 radical (unpaired) electrons. The number of rotatable bonds is 4. The Morgan fingerprint density at radius 3 is 2.81 bits per heavy atom. The monoisotopic (exact) mass is 299 g/mol. The van der Waals surface area contributed by atoms with Crippen LogP contribution in [0.15, 0.2) is 40.8 Å². The normalized spacial score (nSPS) is 12.0. The quantitative estimate of drug-likeness (QED) is 0.783. The van der Waals surface area contributed by atoms with Gasteiger partial charge in [-0.2, -0.15) is 0 Å². The highest BCUT2D eigenvalue weighted by Gasteiger charge is 2.13. The van der Waals surface area contributed by atoms with Gasteiger partial charge in [-0.15, -0.1) is 11.3 Å². The van der Waals surface area contributed by atoms with Gasteiger partial charge in [-0.1, -0.05) is 12.1 Å². The summed E-state index contributed by atoms with van der Waals surface area (Å²) in [6, 6.07) is 11.4. The topological polar surface area (TPSA) is 63.3 Å². The molecule has 3 aromatic rings. The molecule has 0 spiro atoms. The van der Waals surface area contributed by atoms with Crippen LogP contribution < -0.4 is 0 Å². The molecule has 0 bridgehead atoms. The maximum atomic E-state index is 11.1.